The van der Waals surface area contributed by atoms with Crippen LogP contribution in [0.25, 0.3) is 10.9 Å². The summed E-state index contributed by atoms with van der Waals surface area (Å²) in [5, 5.41) is 0.962. The topological polar surface area (TPSA) is 51.2 Å². The zero-order valence-electron chi connectivity index (χ0n) is 9.15. The van der Waals surface area contributed by atoms with E-state index in [1.54, 1.807) is 6.07 Å². The van der Waals surface area contributed by atoms with E-state index in [4.69, 9.17) is 4.84 Å². The monoisotopic (exact) mass is 216 g/mol. The summed E-state index contributed by atoms with van der Waals surface area (Å²) >= 11 is 0. The Morgan fingerprint density at radius 2 is 2.06 bits per heavy atom. The summed E-state index contributed by atoms with van der Waals surface area (Å²) < 4.78 is 0. The summed E-state index contributed by atoms with van der Waals surface area (Å²) in [6.07, 6.45) is 0. The molecule has 0 spiro atoms. The van der Waals surface area contributed by atoms with Crippen molar-refractivity contribution >= 4 is 16.6 Å². The summed E-state index contributed by atoms with van der Waals surface area (Å²) in [5.41, 5.74) is 4.22. The standard InChI is InChI=1S/C12H12N2O2/c1-8-7-11(14-16-2)12(15)13-10-6-4-3-5-9(8)10/h3-7H,1-2H3,(H,13,14,15). The van der Waals surface area contributed by atoms with Crippen molar-refractivity contribution in [1.82, 2.24) is 4.98 Å². The summed E-state index contributed by atoms with van der Waals surface area (Å²) in [6, 6.07) is 9.28. The van der Waals surface area contributed by atoms with Crippen LogP contribution in [0.1, 0.15) is 5.56 Å². The SMILES string of the molecule is CONc1cc(C)c2ccccc2nc1=O. The quantitative estimate of drug-likeness (QED) is 0.779. The molecule has 1 aromatic heterocycles. The molecule has 0 unspecified atom stereocenters. The largest absolute Gasteiger partial charge is 0.295 e. The summed E-state index contributed by atoms with van der Waals surface area (Å²) in [6.45, 7) is 1.93. The number of benzene rings is 1. The van der Waals surface area contributed by atoms with Crippen LogP contribution in [0.15, 0.2) is 35.1 Å². The molecule has 16 heavy (non-hydrogen) atoms. The number of aromatic nitrogens is 1. The Labute approximate surface area is 92.9 Å². The van der Waals surface area contributed by atoms with Gasteiger partial charge in [-0.3, -0.25) is 15.1 Å². The van der Waals surface area contributed by atoms with Gasteiger partial charge in [-0.15, -0.1) is 0 Å². The van der Waals surface area contributed by atoms with Crippen LogP contribution in [-0.4, -0.2) is 12.1 Å². The fourth-order valence-corrected chi connectivity index (χ4v) is 1.61. The molecule has 0 fully saturated rings. The number of nitrogens with one attached hydrogen (secondary N) is 1. The van der Waals surface area contributed by atoms with E-state index in [-0.39, 0.29) is 5.56 Å². The Kier molecular flexibility index (Phi) is 2.83. The lowest BCUT2D eigenvalue weighted by Crippen LogP contribution is -2.10. The van der Waals surface area contributed by atoms with Gasteiger partial charge in [0.25, 0.3) is 5.56 Å². The van der Waals surface area contributed by atoms with Crippen molar-refractivity contribution in [3.63, 3.8) is 0 Å². The first-order valence-corrected chi connectivity index (χ1v) is 4.92. The number of fused-ring (bicyclic) bond motifs is 1. The van der Waals surface area contributed by atoms with E-state index < -0.39 is 0 Å². The number of para-hydroxylation sites is 1. The first-order valence-electron chi connectivity index (χ1n) is 4.92. The van der Waals surface area contributed by atoms with Crippen LogP contribution in [0, 0.1) is 6.92 Å². The van der Waals surface area contributed by atoms with E-state index >= 15 is 0 Å². The number of anilines is 1. The normalized spacial score (nSPS) is 10.4. The third-order valence-corrected chi connectivity index (χ3v) is 2.35. The molecule has 1 heterocycles. The Bertz CT molecular complexity index is 582. The van der Waals surface area contributed by atoms with Crippen LogP contribution in [0.4, 0.5) is 5.69 Å². The molecule has 0 atom stereocenters. The maximum atomic E-state index is 11.7. The zero-order chi connectivity index (χ0) is 11.5. The number of rotatable bonds is 2. The van der Waals surface area contributed by atoms with Gasteiger partial charge in [-0.25, -0.2) is 4.98 Å². The molecule has 2 aromatic rings. The molecule has 0 aliphatic carbocycles. The molecule has 0 aliphatic rings. The highest BCUT2D eigenvalue weighted by Crippen LogP contribution is 2.15. The predicted molar refractivity (Wildman–Crippen MR) is 63.4 cm³/mol. The smallest absolute Gasteiger partial charge is 0.279 e. The van der Waals surface area contributed by atoms with Gasteiger partial charge in [0.15, 0.2) is 0 Å². The van der Waals surface area contributed by atoms with Gasteiger partial charge in [0.05, 0.1) is 12.6 Å². The molecular weight excluding hydrogens is 204 g/mol. The second kappa shape index (κ2) is 4.28. The lowest BCUT2D eigenvalue weighted by atomic mass is 10.1. The molecule has 4 nitrogen and oxygen atoms in total. The summed E-state index contributed by atoms with van der Waals surface area (Å²) in [4.78, 5) is 20.5. The highest BCUT2D eigenvalue weighted by molar-refractivity contribution is 5.82. The highest BCUT2D eigenvalue weighted by Gasteiger charge is 2.02. The highest BCUT2D eigenvalue weighted by atomic mass is 16.6. The Hall–Kier alpha value is -1.94. The Morgan fingerprint density at radius 3 is 2.81 bits per heavy atom. The average molecular weight is 216 g/mol. The van der Waals surface area contributed by atoms with Crippen molar-refractivity contribution in [2.75, 3.05) is 12.6 Å². The van der Waals surface area contributed by atoms with Crippen molar-refractivity contribution in [2.24, 2.45) is 0 Å². The molecule has 0 bridgehead atoms. The van der Waals surface area contributed by atoms with E-state index in [1.807, 2.05) is 31.2 Å². The van der Waals surface area contributed by atoms with E-state index in [0.29, 0.717) is 11.2 Å². The number of nitrogens with zero attached hydrogens (tertiary/aromatic N) is 1. The molecule has 0 aliphatic heterocycles. The number of hydrogen-bond donors (Lipinski definition) is 1. The van der Waals surface area contributed by atoms with Crippen LogP contribution in [0.5, 0.6) is 0 Å². The molecule has 0 amide bonds. The number of aryl methyl sites for hydroxylation is 1. The van der Waals surface area contributed by atoms with Gasteiger partial charge in [0.2, 0.25) is 0 Å². The van der Waals surface area contributed by atoms with Crippen LogP contribution in [0.3, 0.4) is 0 Å². The molecule has 82 valence electrons. The van der Waals surface area contributed by atoms with Crippen LogP contribution in [0.2, 0.25) is 0 Å². The van der Waals surface area contributed by atoms with Gasteiger partial charge in [0.1, 0.15) is 5.69 Å². The van der Waals surface area contributed by atoms with Crippen molar-refractivity contribution in [3.8, 4) is 0 Å². The maximum absolute atomic E-state index is 11.7. The average Bonchev–Trinajstić information content (AvgIpc) is 2.39. The minimum atomic E-state index is -0.328. The Morgan fingerprint density at radius 1 is 1.31 bits per heavy atom. The second-order valence-electron chi connectivity index (χ2n) is 3.48. The lowest BCUT2D eigenvalue weighted by Gasteiger charge is -1.97. The Balaban J connectivity index is 2.82. The summed E-state index contributed by atoms with van der Waals surface area (Å²) in [7, 11) is 1.46. The van der Waals surface area contributed by atoms with Crippen molar-refractivity contribution in [2.45, 2.75) is 6.92 Å². The van der Waals surface area contributed by atoms with Gasteiger partial charge in [-0.1, -0.05) is 18.2 Å². The van der Waals surface area contributed by atoms with Gasteiger partial charge >= 0.3 is 0 Å². The predicted octanol–water partition coefficient (Wildman–Crippen LogP) is 1.88. The van der Waals surface area contributed by atoms with Gasteiger partial charge in [0, 0.05) is 5.39 Å². The minimum absolute atomic E-state index is 0.328. The first-order chi connectivity index (χ1) is 7.72. The first kappa shape index (κ1) is 10.6. The third-order valence-electron chi connectivity index (χ3n) is 2.35. The molecular formula is C12H12N2O2. The lowest BCUT2D eigenvalue weighted by molar-refractivity contribution is 0.270. The molecule has 1 aromatic carbocycles. The van der Waals surface area contributed by atoms with Gasteiger partial charge in [-0.2, -0.15) is 0 Å². The van der Waals surface area contributed by atoms with E-state index in [2.05, 4.69) is 10.5 Å². The number of hydrogen-bond acceptors (Lipinski definition) is 4. The fraction of sp³-hybridized carbons (Fsp3) is 0.167. The van der Waals surface area contributed by atoms with Gasteiger partial charge < -0.3 is 0 Å². The van der Waals surface area contributed by atoms with E-state index in [1.165, 1.54) is 7.11 Å². The van der Waals surface area contributed by atoms with Crippen molar-refractivity contribution in [1.29, 1.82) is 0 Å². The van der Waals surface area contributed by atoms with E-state index in [9.17, 15) is 4.79 Å². The van der Waals surface area contributed by atoms with Crippen LogP contribution < -0.4 is 11.0 Å². The van der Waals surface area contributed by atoms with E-state index in [0.717, 1.165) is 10.9 Å². The van der Waals surface area contributed by atoms with Crippen LogP contribution in [-0.2, 0) is 4.84 Å². The molecule has 0 radical (unpaired) electrons. The zero-order valence-corrected chi connectivity index (χ0v) is 9.15. The summed E-state index contributed by atoms with van der Waals surface area (Å²) in [5.74, 6) is 0. The third kappa shape index (κ3) is 1.87. The second-order valence-corrected chi connectivity index (χ2v) is 3.48. The van der Waals surface area contributed by atoms with Gasteiger partial charge in [-0.05, 0) is 24.6 Å². The minimum Gasteiger partial charge on any atom is -0.279 e. The molecule has 1 N–H and O–H groups in total. The molecule has 0 saturated carbocycles. The van der Waals surface area contributed by atoms with Crippen molar-refractivity contribution in [3.05, 3.63) is 46.2 Å². The fourth-order valence-electron chi connectivity index (χ4n) is 1.61. The molecule has 4 heteroatoms. The van der Waals surface area contributed by atoms with Crippen molar-refractivity contribution < 1.29 is 4.84 Å². The maximum Gasteiger partial charge on any atom is 0.295 e. The molecule has 0 saturated heterocycles. The van der Waals surface area contributed by atoms with Crippen LogP contribution >= 0.6 is 0 Å². The molecule has 2 rings (SSSR count).